The van der Waals surface area contributed by atoms with E-state index >= 15 is 0 Å². The zero-order valence-corrected chi connectivity index (χ0v) is 7.35. The summed E-state index contributed by atoms with van der Waals surface area (Å²) in [5.74, 6) is 0. The summed E-state index contributed by atoms with van der Waals surface area (Å²) in [5.41, 5.74) is 11.5. The van der Waals surface area contributed by atoms with Crippen molar-refractivity contribution in [2.24, 2.45) is 16.9 Å². The van der Waals surface area contributed by atoms with Gasteiger partial charge in [0.05, 0.1) is 0 Å². The van der Waals surface area contributed by atoms with E-state index in [1.54, 1.807) is 0 Å². The molecule has 4 N–H and O–H groups in total. The minimum absolute atomic E-state index is 0.282. The second kappa shape index (κ2) is 3.94. The van der Waals surface area contributed by atoms with Gasteiger partial charge in [0, 0.05) is 6.04 Å². The molecule has 62 valence electrons. The Labute approximate surface area is 64.0 Å². The highest BCUT2D eigenvalue weighted by molar-refractivity contribution is 4.71. The van der Waals surface area contributed by atoms with Crippen molar-refractivity contribution < 1.29 is 0 Å². The lowest BCUT2D eigenvalue weighted by Gasteiger charge is -2.22. The van der Waals surface area contributed by atoms with Gasteiger partial charge < -0.3 is 11.5 Å². The first-order valence-electron chi connectivity index (χ1n) is 3.91. The SMILES string of the molecule is CC(C)(C)CC(N)CCN. The Hall–Kier alpha value is -0.0800. The first-order valence-corrected chi connectivity index (χ1v) is 3.91. The van der Waals surface area contributed by atoms with E-state index in [9.17, 15) is 0 Å². The van der Waals surface area contributed by atoms with Crippen molar-refractivity contribution in [1.82, 2.24) is 0 Å². The van der Waals surface area contributed by atoms with Gasteiger partial charge in [0.15, 0.2) is 0 Å². The van der Waals surface area contributed by atoms with Crippen LogP contribution in [0, 0.1) is 5.41 Å². The van der Waals surface area contributed by atoms with E-state index in [4.69, 9.17) is 11.5 Å². The van der Waals surface area contributed by atoms with Crippen LogP contribution >= 0.6 is 0 Å². The maximum atomic E-state index is 5.79. The second-order valence-corrected chi connectivity index (χ2v) is 4.10. The summed E-state index contributed by atoms with van der Waals surface area (Å²) in [6.07, 6.45) is 2.00. The Morgan fingerprint density at radius 3 is 2.10 bits per heavy atom. The van der Waals surface area contributed by atoms with E-state index in [0.717, 1.165) is 12.8 Å². The Kier molecular flexibility index (Phi) is 3.91. The number of nitrogens with two attached hydrogens (primary N) is 2. The van der Waals surface area contributed by atoms with Crippen LogP contribution < -0.4 is 11.5 Å². The third-order valence-corrected chi connectivity index (χ3v) is 1.41. The van der Waals surface area contributed by atoms with Crippen LogP contribution in [0.25, 0.3) is 0 Å². The van der Waals surface area contributed by atoms with Crippen LogP contribution in [0.3, 0.4) is 0 Å². The quantitative estimate of drug-likeness (QED) is 0.623. The topological polar surface area (TPSA) is 52.0 Å². The largest absolute Gasteiger partial charge is 0.330 e. The molecule has 0 heterocycles. The lowest BCUT2D eigenvalue weighted by Crippen LogP contribution is -2.28. The van der Waals surface area contributed by atoms with Crippen molar-refractivity contribution in [3.8, 4) is 0 Å². The molecule has 2 nitrogen and oxygen atoms in total. The first-order chi connectivity index (χ1) is 4.45. The Balaban J connectivity index is 3.47. The summed E-state index contributed by atoms with van der Waals surface area (Å²) in [7, 11) is 0. The van der Waals surface area contributed by atoms with E-state index in [-0.39, 0.29) is 6.04 Å². The molecule has 0 aliphatic rings. The summed E-state index contributed by atoms with van der Waals surface area (Å²) in [6.45, 7) is 7.30. The molecule has 0 aromatic carbocycles. The van der Waals surface area contributed by atoms with E-state index in [0.29, 0.717) is 12.0 Å². The molecule has 1 atom stereocenters. The number of hydrogen-bond donors (Lipinski definition) is 2. The molecule has 0 fully saturated rings. The lowest BCUT2D eigenvalue weighted by molar-refractivity contribution is 0.333. The molecule has 1 unspecified atom stereocenters. The molecule has 10 heavy (non-hydrogen) atoms. The summed E-state index contributed by atoms with van der Waals surface area (Å²) in [6, 6.07) is 0.282. The Bertz CT molecular complexity index is 83.7. The van der Waals surface area contributed by atoms with Crippen LogP contribution in [-0.2, 0) is 0 Å². The fraction of sp³-hybridized carbons (Fsp3) is 1.00. The standard InChI is InChI=1S/C8H20N2/c1-8(2,3)6-7(10)4-5-9/h7H,4-6,9-10H2,1-3H3. The number of rotatable bonds is 3. The third kappa shape index (κ3) is 6.05. The van der Waals surface area contributed by atoms with Gasteiger partial charge in [0.2, 0.25) is 0 Å². The zero-order chi connectivity index (χ0) is 8.20. The van der Waals surface area contributed by atoms with Crippen molar-refractivity contribution >= 4 is 0 Å². The van der Waals surface area contributed by atoms with E-state index in [2.05, 4.69) is 20.8 Å². The summed E-state index contributed by atoms with van der Waals surface area (Å²) in [5, 5.41) is 0. The minimum Gasteiger partial charge on any atom is -0.330 e. The van der Waals surface area contributed by atoms with Gasteiger partial charge in [0.25, 0.3) is 0 Å². The maximum absolute atomic E-state index is 5.79. The van der Waals surface area contributed by atoms with Gasteiger partial charge in [-0.25, -0.2) is 0 Å². The number of hydrogen-bond acceptors (Lipinski definition) is 2. The Morgan fingerprint density at radius 1 is 1.30 bits per heavy atom. The fourth-order valence-electron chi connectivity index (χ4n) is 1.10. The van der Waals surface area contributed by atoms with E-state index in [1.807, 2.05) is 0 Å². The predicted octanol–water partition coefficient (Wildman–Crippen LogP) is 1.10. The minimum atomic E-state index is 0.282. The smallest absolute Gasteiger partial charge is 0.00558 e. The highest BCUT2D eigenvalue weighted by Crippen LogP contribution is 2.20. The van der Waals surface area contributed by atoms with Crippen LogP contribution in [0.2, 0.25) is 0 Å². The molecular formula is C8H20N2. The predicted molar refractivity (Wildman–Crippen MR) is 45.7 cm³/mol. The summed E-state index contributed by atoms with van der Waals surface area (Å²) >= 11 is 0. The van der Waals surface area contributed by atoms with Gasteiger partial charge in [-0.05, 0) is 24.8 Å². The van der Waals surface area contributed by atoms with Crippen molar-refractivity contribution in [2.45, 2.75) is 39.7 Å². The van der Waals surface area contributed by atoms with E-state index in [1.165, 1.54) is 0 Å². The highest BCUT2D eigenvalue weighted by atomic mass is 14.7. The van der Waals surface area contributed by atoms with Crippen LogP contribution in [0.5, 0.6) is 0 Å². The molecular weight excluding hydrogens is 124 g/mol. The summed E-state index contributed by atoms with van der Waals surface area (Å²) < 4.78 is 0. The van der Waals surface area contributed by atoms with Gasteiger partial charge in [-0.15, -0.1) is 0 Å². The highest BCUT2D eigenvalue weighted by Gasteiger charge is 2.14. The molecule has 0 radical (unpaired) electrons. The first kappa shape index (κ1) is 9.92. The van der Waals surface area contributed by atoms with Gasteiger partial charge in [-0.2, -0.15) is 0 Å². The molecule has 0 rings (SSSR count). The van der Waals surface area contributed by atoms with Gasteiger partial charge in [-0.3, -0.25) is 0 Å². The van der Waals surface area contributed by atoms with Gasteiger partial charge in [0.1, 0.15) is 0 Å². The van der Waals surface area contributed by atoms with Crippen molar-refractivity contribution in [2.75, 3.05) is 6.54 Å². The molecule has 0 aliphatic heterocycles. The average molecular weight is 144 g/mol. The Morgan fingerprint density at radius 2 is 1.80 bits per heavy atom. The van der Waals surface area contributed by atoms with Crippen molar-refractivity contribution in [3.05, 3.63) is 0 Å². The molecule has 0 saturated heterocycles. The molecule has 0 aliphatic carbocycles. The van der Waals surface area contributed by atoms with Gasteiger partial charge in [-0.1, -0.05) is 20.8 Å². The monoisotopic (exact) mass is 144 g/mol. The van der Waals surface area contributed by atoms with E-state index < -0.39 is 0 Å². The van der Waals surface area contributed by atoms with Crippen molar-refractivity contribution in [1.29, 1.82) is 0 Å². The van der Waals surface area contributed by atoms with Crippen LogP contribution in [0.4, 0.5) is 0 Å². The lowest BCUT2D eigenvalue weighted by atomic mass is 9.87. The van der Waals surface area contributed by atoms with Crippen LogP contribution in [-0.4, -0.2) is 12.6 Å². The second-order valence-electron chi connectivity index (χ2n) is 4.10. The third-order valence-electron chi connectivity index (χ3n) is 1.41. The maximum Gasteiger partial charge on any atom is 0.00558 e. The molecule has 0 aromatic heterocycles. The fourth-order valence-corrected chi connectivity index (χ4v) is 1.10. The van der Waals surface area contributed by atoms with Crippen molar-refractivity contribution in [3.63, 3.8) is 0 Å². The molecule has 2 heteroatoms. The summed E-state index contributed by atoms with van der Waals surface area (Å²) in [4.78, 5) is 0. The molecule has 0 saturated carbocycles. The normalized spacial score (nSPS) is 15.3. The van der Waals surface area contributed by atoms with Gasteiger partial charge >= 0.3 is 0 Å². The molecule has 0 bridgehead atoms. The zero-order valence-electron chi connectivity index (χ0n) is 7.35. The van der Waals surface area contributed by atoms with Crippen LogP contribution in [0.1, 0.15) is 33.6 Å². The molecule has 0 amide bonds. The van der Waals surface area contributed by atoms with Crippen LogP contribution in [0.15, 0.2) is 0 Å². The average Bonchev–Trinajstić information content (AvgIpc) is 1.59. The molecule has 0 spiro atoms. The molecule has 0 aromatic rings.